The third kappa shape index (κ3) is 4.05. The van der Waals surface area contributed by atoms with Crippen LogP contribution in [0.15, 0.2) is 23.8 Å². The quantitative estimate of drug-likeness (QED) is 0.422. The molecule has 0 unspecified atom stereocenters. The molecule has 2 nitrogen and oxygen atoms in total. The highest BCUT2D eigenvalue weighted by molar-refractivity contribution is 5.55. The Morgan fingerprint density at radius 1 is 1.19 bits per heavy atom. The van der Waals surface area contributed by atoms with E-state index in [2.05, 4.69) is 53.7 Å². The lowest BCUT2D eigenvalue weighted by atomic mass is 9.67. The summed E-state index contributed by atoms with van der Waals surface area (Å²) < 4.78 is 6.49. The molecule has 1 aromatic rings. The summed E-state index contributed by atoms with van der Waals surface area (Å²) in [6.07, 6.45) is 10.9. The molecule has 27 heavy (non-hydrogen) atoms. The molecule has 2 atom stereocenters. The Morgan fingerprint density at radius 3 is 2.63 bits per heavy atom. The number of hydrogen-bond acceptors (Lipinski definition) is 2. The summed E-state index contributed by atoms with van der Waals surface area (Å²) in [6, 6.07) is 4.22. The minimum absolute atomic E-state index is 0.0446. The van der Waals surface area contributed by atoms with Crippen LogP contribution in [0.4, 0.5) is 0 Å². The summed E-state index contributed by atoms with van der Waals surface area (Å²) in [7, 11) is 0. The Kier molecular flexibility index (Phi) is 5.66. The van der Waals surface area contributed by atoms with Crippen molar-refractivity contribution in [2.24, 2.45) is 5.92 Å². The van der Waals surface area contributed by atoms with Crippen molar-refractivity contribution in [3.05, 3.63) is 34.9 Å². The van der Waals surface area contributed by atoms with Gasteiger partial charge in [0.25, 0.3) is 0 Å². The van der Waals surface area contributed by atoms with Gasteiger partial charge in [0.2, 0.25) is 0 Å². The predicted molar refractivity (Wildman–Crippen MR) is 114 cm³/mol. The first-order valence-electron chi connectivity index (χ1n) is 10.9. The van der Waals surface area contributed by atoms with Gasteiger partial charge in [-0.3, -0.25) is 0 Å². The molecule has 1 aliphatic carbocycles. The van der Waals surface area contributed by atoms with Crippen LogP contribution in [0.1, 0.15) is 104 Å². The maximum absolute atomic E-state index is 11.0. The van der Waals surface area contributed by atoms with Gasteiger partial charge in [0, 0.05) is 17.4 Å². The summed E-state index contributed by atoms with van der Waals surface area (Å²) in [5.74, 6) is 2.00. The molecule has 1 heterocycles. The largest absolute Gasteiger partial charge is 0.507 e. The number of fused-ring (bicyclic) bond motifs is 3. The average molecular weight is 371 g/mol. The van der Waals surface area contributed by atoms with Crippen molar-refractivity contribution in [1.82, 2.24) is 0 Å². The molecule has 1 N–H and O–H groups in total. The fourth-order valence-corrected chi connectivity index (χ4v) is 5.05. The number of aromatic hydroxyl groups is 1. The van der Waals surface area contributed by atoms with Gasteiger partial charge in [-0.15, -0.1) is 0 Å². The first kappa shape index (κ1) is 20.3. The van der Waals surface area contributed by atoms with Crippen molar-refractivity contribution in [2.45, 2.75) is 103 Å². The molecule has 0 fully saturated rings. The molecule has 3 rings (SSSR count). The van der Waals surface area contributed by atoms with E-state index in [4.69, 9.17) is 4.74 Å². The average Bonchev–Trinajstić information content (AvgIpc) is 2.57. The fourth-order valence-electron chi connectivity index (χ4n) is 5.05. The number of allylic oxidation sites excluding steroid dienone is 2. The highest BCUT2D eigenvalue weighted by atomic mass is 16.5. The maximum atomic E-state index is 11.0. The van der Waals surface area contributed by atoms with Gasteiger partial charge in [-0.1, -0.05) is 58.1 Å². The number of rotatable bonds is 6. The van der Waals surface area contributed by atoms with E-state index in [1.54, 1.807) is 0 Å². The van der Waals surface area contributed by atoms with Crippen molar-refractivity contribution in [3.63, 3.8) is 0 Å². The molecule has 0 amide bonds. The highest BCUT2D eigenvalue weighted by Crippen LogP contribution is 2.54. The van der Waals surface area contributed by atoms with Gasteiger partial charge in [-0.05, 0) is 63.1 Å². The van der Waals surface area contributed by atoms with Crippen LogP contribution in [0.5, 0.6) is 11.5 Å². The molecule has 0 saturated carbocycles. The number of ether oxygens (including phenoxy) is 1. The second-order valence-electron chi connectivity index (χ2n) is 9.99. The van der Waals surface area contributed by atoms with Crippen LogP contribution in [0, 0.1) is 5.92 Å². The number of phenols is 1. The Hall–Kier alpha value is -1.44. The molecule has 1 aliphatic heterocycles. The van der Waals surface area contributed by atoms with E-state index in [1.807, 2.05) is 6.07 Å². The fraction of sp³-hybridized carbons (Fsp3) is 0.680. The zero-order chi connectivity index (χ0) is 19.8. The van der Waals surface area contributed by atoms with Crippen LogP contribution in [0.2, 0.25) is 0 Å². The van der Waals surface area contributed by atoms with Gasteiger partial charge in [0.05, 0.1) is 0 Å². The zero-order valence-corrected chi connectivity index (χ0v) is 18.2. The maximum Gasteiger partial charge on any atom is 0.127 e. The third-order valence-electron chi connectivity index (χ3n) is 6.90. The van der Waals surface area contributed by atoms with Gasteiger partial charge >= 0.3 is 0 Å². The Morgan fingerprint density at radius 2 is 1.93 bits per heavy atom. The van der Waals surface area contributed by atoms with Gasteiger partial charge in [-0.2, -0.15) is 0 Å². The lowest BCUT2D eigenvalue weighted by molar-refractivity contribution is 0.0106. The van der Waals surface area contributed by atoms with Crippen molar-refractivity contribution >= 4 is 0 Å². The number of hydrogen-bond donors (Lipinski definition) is 1. The van der Waals surface area contributed by atoms with E-state index in [9.17, 15) is 5.11 Å². The summed E-state index contributed by atoms with van der Waals surface area (Å²) in [6.45, 7) is 13.5. The van der Waals surface area contributed by atoms with E-state index < -0.39 is 0 Å². The van der Waals surface area contributed by atoms with Gasteiger partial charge in [0.15, 0.2) is 0 Å². The van der Waals surface area contributed by atoms with Gasteiger partial charge in [0.1, 0.15) is 17.1 Å². The van der Waals surface area contributed by atoms with E-state index >= 15 is 0 Å². The first-order chi connectivity index (χ1) is 12.7. The molecule has 1 aromatic carbocycles. The molecule has 0 spiro atoms. The third-order valence-corrected chi connectivity index (χ3v) is 6.90. The van der Waals surface area contributed by atoms with Crippen molar-refractivity contribution in [2.75, 3.05) is 0 Å². The first-order valence-corrected chi connectivity index (χ1v) is 10.9. The van der Waals surface area contributed by atoms with Crippen molar-refractivity contribution in [3.8, 4) is 11.5 Å². The minimum Gasteiger partial charge on any atom is -0.507 e. The molecule has 0 saturated heterocycles. The highest BCUT2D eigenvalue weighted by Gasteiger charge is 2.45. The molecule has 0 bridgehead atoms. The van der Waals surface area contributed by atoms with E-state index in [1.165, 1.54) is 36.8 Å². The second kappa shape index (κ2) is 7.53. The lowest BCUT2D eigenvalue weighted by Crippen LogP contribution is -2.45. The van der Waals surface area contributed by atoms with Crippen LogP contribution in [0.25, 0.3) is 0 Å². The standard InChI is InChI=1S/C25H38O2/c1-7-8-9-10-13-24(3,4)18-15-21(26)23-19-14-17(2)11-12-20(19)25(5,6)27-22(23)16-18/h14-16,19-20,26H,7-13H2,1-6H3/t19-,20-/m0/s1. The van der Waals surface area contributed by atoms with Crippen LogP contribution in [-0.2, 0) is 5.41 Å². The van der Waals surface area contributed by atoms with Crippen molar-refractivity contribution in [1.29, 1.82) is 0 Å². The van der Waals surface area contributed by atoms with E-state index in [-0.39, 0.29) is 16.9 Å². The van der Waals surface area contributed by atoms with E-state index in [0.29, 0.717) is 11.7 Å². The molecular formula is C25H38O2. The van der Waals surface area contributed by atoms with Crippen LogP contribution < -0.4 is 4.74 Å². The topological polar surface area (TPSA) is 29.5 Å². The molecule has 0 aromatic heterocycles. The Labute approximate surface area is 166 Å². The predicted octanol–water partition coefficient (Wildman–Crippen LogP) is 7.25. The zero-order valence-electron chi connectivity index (χ0n) is 18.2. The Bertz CT molecular complexity index is 711. The summed E-state index contributed by atoms with van der Waals surface area (Å²) in [5.41, 5.74) is 3.47. The van der Waals surface area contributed by atoms with Crippen LogP contribution in [0.3, 0.4) is 0 Å². The molecule has 150 valence electrons. The summed E-state index contributed by atoms with van der Waals surface area (Å²) in [5, 5.41) is 11.0. The van der Waals surface area contributed by atoms with Gasteiger partial charge in [-0.25, -0.2) is 0 Å². The number of benzene rings is 1. The van der Waals surface area contributed by atoms with Gasteiger partial charge < -0.3 is 9.84 Å². The Balaban J connectivity index is 1.95. The summed E-state index contributed by atoms with van der Waals surface area (Å²) in [4.78, 5) is 0. The SMILES string of the molecule is CCCCCCC(C)(C)c1cc(O)c2c(c1)OC(C)(C)[C@H]1CCC(C)=C[C@H]21. The van der Waals surface area contributed by atoms with Crippen molar-refractivity contribution < 1.29 is 9.84 Å². The molecule has 0 radical (unpaired) electrons. The monoisotopic (exact) mass is 370 g/mol. The van der Waals surface area contributed by atoms with Crippen LogP contribution in [-0.4, -0.2) is 10.7 Å². The molecular weight excluding hydrogens is 332 g/mol. The summed E-state index contributed by atoms with van der Waals surface area (Å²) >= 11 is 0. The van der Waals surface area contributed by atoms with E-state index in [0.717, 1.165) is 30.6 Å². The lowest BCUT2D eigenvalue weighted by Gasteiger charge is -2.46. The number of unbranched alkanes of at least 4 members (excludes halogenated alkanes) is 3. The smallest absolute Gasteiger partial charge is 0.127 e. The molecule has 2 aliphatic rings. The second-order valence-corrected chi connectivity index (χ2v) is 9.99. The normalized spacial score (nSPS) is 23.9. The van der Waals surface area contributed by atoms with Crippen LogP contribution >= 0.6 is 0 Å². The molecule has 2 heteroatoms. The number of phenolic OH excluding ortho intramolecular Hbond substituents is 1. The minimum atomic E-state index is -0.203.